The van der Waals surface area contributed by atoms with E-state index < -0.39 is 29.2 Å². The number of benzene rings is 4. The van der Waals surface area contributed by atoms with E-state index in [4.69, 9.17) is 11.6 Å². The number of aromatic nitrogens is 2. The zero-order valence-electron chi connectivity index (χ0n) is 20.2. The normalized spacial score (nSPS) is 11.6. The van der Waals surface area contributed by atoms with Crippen LogP contribution in [0.25, 0.3) is 33.3 Å². The molecule has 0 fully saturated rings. The molecule has 0 aliphatic carbocycles. The average molecular weight is 567 g/mol. The molecule has 0 radical (unpaired) electrons. The number of carbonyl (C=O) groups excluding carboxylic acids is 1. The molecule has 39 heavy (non-hydrogen) atoms. The molecular formula is C29H18ClF3N2O3S. The molecule has 5 aromatic rings. The van der Waals surface area contributed by atoms with Crippen LogP contribution in [0.1, 0.15) is 26.3 Å². The minimum atomic E-state index is -4.82. The van der Waals surface area contributed by atoms with Gasteiger partial charge in [0.2, 0.25) is 0 Å². The summed E-state index contributed by atoms with van der Waals surface area (Å²) in [6.45, 7) is 0. The highest BCUT2D eigenvalue weighted by Crippen LogP contribution is 2.37. The fourth-order valence-electron chi connectivity index (χ4n) is 4.32. The Kier molecular flexibility index (Phi) is 6.96. The molecule has 0 bridgehead atoms. The van der Waals surface area contributed by atoms with Crippen molar-refractivity contribution in [2.75, 3.05) is 6.26 Å². The van der Waals surface area contributed by atoms with E-state index in [1.54, 1.807) is 23.9 Å². The second-order valence-corrected chi connectivity index (χ2v) is 9.86. The largest absolute Gasteiger partial charge is 0.478 e. The minimum absolute atomic E-state index is 0.0559. The zero-order valence-corrected chi connectivity index (χ0v) is 21.7. The third-order valence-corrected chi connectivity index (χ3v) is 7.25. The van der Waals surface area contributed by atoms with E-state index in [2.05, 4.69) is 5.10 Å². The molecule has 1 aromatic heterocycles. The second kappa shape index (κ2) is 10.2. The molecule has 0 unspecified atom stereocenters. The lowest BCUT2D eigenvalue weighted by atomic mass is 10.0. The molecule has 10 heteroatoms. The lowest BCUT2D eigenvalue weighted by Crippen LogP contribution is -2.20. The second-order valence-electron chi connectivity index (χ2n) is 8.57. The van der Waals surface area contributed by atoms with Crippen LogP contribution in [0.2, 0.25) is 5.02 Å². The molecular weight excluding hydrogens is 549 g/mol. The Labute approximate surface area is 229 Å². The third-order valence-electron chi connectivity index (χ3n) is 6.21. The zero-order chi connectivity index (χ0) is 27.9. The van der Waals surface area contributed by atoms with E-state index in [0.717, 1.165) is 32.8 Å². The van der Waals surface area contributed by atoms with Crippen LogP contribution in [0, 0.1) is 0 Å². The Morgan fingerprint density at radius 3 is 2.23 bits per heavy atom. The topological polar surface area (TPSA) is 72.2 Å². The van der Waals surface area contributed by atoms with Crippen molar-refractivity contribution in [1.29, 1.82) is 0 Å². The Balaban J connectivity index is 1.76. The lowest BCUT2D eigenvalue weighted by molar-refractivity contribution is -0.137. The predicted molar refractivity (Wildman–Crippen MR) is 146 cm³/mol. The number of carbonyl (C=O) groups is 2. The summed E-state index contributed by atoms with van der Waals surface area (Å²) in [5.41, 5.74) is 0.834. The van der Waals surface area contributed by atoms with E-state index in [1.807, 2.05) is 36.6 Å². The average Bonchev–Trinajstić information content (AvgIpc) is 3.31. The van der Waals surface area contributed by atoms with Gasteiger partial charge < -0.3 is 5.11 Å². The van der Waals surface area contributed by atoms with Crippen LogP contribution < -0.4 is 0 Å². The molecule has 0 atom stereocenters. The van der Waals surface area contributed by atoms with Gasteiger partial charge in [0.05, 0.1) is 27.2 Å². The molecule has 1 heterocycles. The summed E-state index contributed by atoms with van der Waals surface area (Å²) in [6, 6.07) is 22.0. The molecule has 0 spiro atoms. The van der Waals surface area contributed by atoms with Gasteiger partial charge in [-0.05, 0) is 65.9 Å². The van der Waals surface area contributed by atoms with Crippen LogP contribution >= 0.6 is 23.4 Å². The number of carboxylic acid groups (broad SMARTS) is 1. The SMILES string of the molecule is CSc1cccc(-c2ccc3c(-c4ccc(C(=O)O)cc4)nn(C(=O)c4c(Cl)cccc4C(F)(F)F)c3c2)c1. The summed E-state index contributed by atoms with van der Waals surface area (Å²) >= 11 is 7.70. The van der Waals surface area contributed by atoms with Crippen molar-refractivity contribution in [3.8, 4) is 22.4 Å². The Morgan fingerprint density at radius 1 is 0.897 bits per heavy atom. The Bertz CT molecular complexity index is 1750. The van der Waals surface area contributed by atoms with Gasteiger partial charge >= 0.3 is 12.1 Å². The monoisotopic (exact) mass is 566 g/mol. The summed E-state index contributed by atoms with van der Waals surface area (Å²) in [5.74, 6) is -2.15. The van der Waals surface area contributed by atoms with E-state index in [0.29, 0.717) is 16.6 Å². The van der Waals surface area contributed by atoms with E-state index in [-0.39, 0.29) is 16.1 Å². The van der Waals surface area contributed by atoms with Crippen molar-refractivity contribution in [2.24, 2.45) is 0 Å². The highest BCUT2D eigenvalue weighted by Gasteiger charge is 2.37. The third kappa shape index (κ3) is 5.03. The number of aromatic carboxylic acids is 1. The maximum Gasteiger partial charge on any atom is 0.417 e. The van der Waals surface area contributed by atoms with Gasteiger partial charge in [0.25, 0.3) is 5.91 Å². The van der Waals surface area contributed by atoms with Gasteiger partial charge in [-0.3, -0.25) is 4.79 Å². The van der Waals surface area contributed by atoms with Gasteiger partial charge in [0.15, 0.2) is 0 Å². The number of rotatable bonds is 5. The lowest BCUT2D eigenvalue weighted by Gasteiger charge is -2.13. The summed E-state index contributed by atoms with van der Waals surface area (Å²) in [7, 11) is 0. The number of hydrogen-bond acceptors (Lipinski definition) is 4. The summed E-state index contributed by atoms with van der Waals surface area (Å²) in [6.07, 6.45) is -2.88. The summed E-state index contributed by atoms with van der Waals surface area (Å²) < 4.78 is 42.5. The van der Waals surface area contributed by atoms with Gasteiger partial charge in [0.1, 0.15) is 5.69 Å². The molecule has 0 amide bonds. The number of alkyl halides is 3. The Morgan fingerprint density at radius 2 is 1.56 bits per heavy atom. The molecule has 0 aliphatic heterocycles. The quantitative estimate of drug-likeness (QED) is 0.217. The van der Waals surface area contributed by atoms with Crippen molar-refractivity contribution in [1.82, 2.24) is 9.78 Å². The summed E-state index contributed by atoms with van der Waals surface area (Å²) in [4.78, 5) is 26.0. The van der Waals surface area contributed by atoms with Gasteiger partial charge in [-0.25, -0.2) is 4.79 Å². The summed E-state index contributed by atoms with van der Waals surface area (Å²) in [5, 5.41) is 13.8. The maximum atomic E-state index is 13.9. The molecule has 0 saturated heterocycles. The van der Waals surface area contributed by atoms with Crippen LogP contribution in [-0.4, -0.2) is 33.0 Å². The molecule has 5 rings (SSSR count). The number of carboxylic acids is 1. The fourth-order valence-corrected chi connectivity index (χ4v) is 5.03. The van der Waals surface area contributed by atoms with Crippen molar-refractivity contribution in [2.45, 2.75) is 11.1 Å². The number of nitrogens with zero attached hydrogens (tertiary/aromatic N) is 2. The van der Waals surface area contributed by atoms with Crippen LogP contribution in [0.5, 0.6) is 0 Å². The van der Waals surface area contributed by atoms with Crippen molar-refractivity contribution < 1.29 is 27.9 Å². The van der Waals surface area contributed by atoms with E-state index >= 15 is 0 Å². The molecule has 5 nitrogen and oxygen atoms in total. The van der Waals surface area contributed by atoms with Crippen LogP contribution in [-0.2, 0) is 6.18 Å². The van der Waals surface area contributed by atoms with E-state index in [9.17, 15) is 27.9 Å². The Hall–Kier alpha value is -4.08. The van der Waals surface area contributed by atoms with Gasteiger partial charge in [-0.15, -0.1) is 11.8 Å². The van der Waals surface area contributed by atoms with E-state index in [1.165, 1.54) is 30.3 Å². The number of fused-ring (bicyclic) bond motifs is 1. The minimum Gasteiger partial charge on any atom is -0.478 e. The molecule has 1 N–H and O–H groups in total. The standard InChI is InChI=1S/C29H18ClF3N2O3S/c1-39-20-5-2-4-18(14-20)19-12-13-21-24(15-19)35(34-26(21)16-8-10-17(11-9-16)28(37)38)27(36)25-22(29(31,32)33)6-3-7-23(25)30/h2-15H,1H3,(H,37,38). The van der Waals surface area contributed by atoms with Gasteiger partial charge in [-0.1, -0.05) is 48.0 Å². The first-order valence-electron chi connectivity index (χ1n) is 11.5. The molecule has 0 saturated carbocycles. The smallest absolute Gasteiger partial charge is 0.417 e. The molecule has 196 valence electrons. The number of halogens is 4. The maximum absolute atomic E-state index is 13.9. The first-order chi connectivity index (χ1) is 18.6. The molecule has 0 aliphatic rings. The number of hydrogen-bond donors (Lipinski definition) is 1. The van der Waals surface area contributed by atoms with Crippen molar-refractivity contribution in [3.05, 3.63) is 107 Å². The first-order valence-corrected chi connectivity index (χ1v) is 13.1. The first kappa shape index (κ1) is 26.5. The fraction of sp³-hybridized carbons (Fsp3) is 0.0690. The highest BCUT2D eigenvalue weighted by atomic mass is 35.5. The van der Waals surface area contributed by atoms with Crippen LogP contribution in [0.15, 0.2) is 89.8 Å². The number of thioether (sulfide) groups is 1. The predicted octanol–water partition coefficient (Wildman–Crippen LogP) is 8.15. The van der Waals surface area contributed by atoms with Crippen molar-refractivity contribution >= 4 is 46.1 Å². The highest BCUT2D eigenvalue weighted by molar-refractivity contribution is 7.98. The molecule has 4 aromatic carbocycles. The van der Waals surface area contributed by atoms with Gasteiger partial charge in [0, 0.05) is 15.8 Å². The van der Waals surface area contributed by atoms with Gasteiger partial charge in [-0.2, -0.15) is 23.0 Å². The van der Waals surface area contributed by atoms with Crippen molar-refractivity contribution in [3.63, 3.8) is 0 Å². The van der Waals surface area contributed by atoms with Crippen LogP contribution in [0.3, 0.4) is 0 Å². The van der Waals surface area contributed by atoms with Crippen LogP contribution in [0.4, 0.5) is 13.2 Å².